The minimum absolute atomic E-state index is 0.0463. The summed E-state index contributed by atoms with van der Waals surface area (Å²) in [5, 5.41) is 10.4. The number of aromatic amines is 1. The van der Waals surface area contributed by atoms with Crippen LogP contribution < -0.4 is 0 Å². The summed E-state index contributed by atoms with van der Waals surface area (Å²) < 4.78 is 0. The molecule has 3 aromatic rings. The third-order valence-electron chi connectivity index (χ3n) is 4.71. The third kappa shape index (κ3) is 2.98. The van der Waals surface area contributed by atoms with Crippen LogP contribution in [0.15, 0.2) is 41.9 Å². The molecule has 3 heterocycles. The zero-order valence-electron chi connectivity index (χ0n) is 14.1. The van der Waals surface area contributed by atoms with Crippen molar-refractivity contribution in [3.05, 3.63) is 58.2 Å². The summed E-state index contributed by atoms with van der Waals surface area (Å²) in [5.74, 6) is 0.0463. The highest BCUT2D eigenvalue weighted by Gasteiger charge is 2.33. The lowest BCUT2D eigenvalue weighted by Gasteiger charge is -2.34. The van der Waals surface area contributed by atoms with Gasteiger partial charge in [-0.1, -0.05) is 30.3 Å². The van der Waals surface area contributed by atoms with Gasteiger partial charge in [0.15, 0.2) is 0 Å². The molecule has 1 aliphatic rings. The summed E-state index contributed by atoms with van der Waals surface area (Å²) in [5.41, 5.74) is 3.17. The van der Waals surface area contributed by atoms with E-state index in [1.165, 1.54) is 0 Å². The highest BCUT2D eigenvalue weighted by atomic mass is 32.1. The molecule has 1 amide bonds. The first-order valence-corrected chi connectivity index (χ1v) is 9.44. The second-order valence-electron chi connectivity index (χ2n) is 6.32. The lowest BCUT2D eigenvalue weighted by molar-refractivity contribution is 0.0611. The van der Waals surface area contributed by atoms with Gasteiger partial charge in [0.05, 0.1) is 11.6 Å². The van der Waals surface area contributed by atoms with Gasteiger partial charge in [0.25, 0.3) is 5.91 Å². The Kier molecular flexibility index (Phi) is 4.36. The van der Waals surface area contributed by atoms with E-state index in [-0.39, 0.29) is 11.9 Å². The number of hydrogen-bond donors (Lipinski definition) is 1. The molecule has 2 aromatic heterocycles. The number of rotatable bonds is 3. The number of thiazole rings is 1. The fourth-order valence-corrected chi connectivity index (χ4v) is 4.25. The molecule has 1 aromatic carbocycles. The molecular weight excluding hydrogens is 332 g/mol. The molecule has 1 fully saturated rings. The summed E-state index contributed by atoms with van der Waals surface area (Å²) >= 11 is 1.62. The number of piperidine rings is 1. The van der Waals surface area contributed by atoms with Gasteiger partial charge in [-0.2, -0.15) is 5.10 Å². The number of carbonyl (C=O) groups excluding carboxylic acids is 1. The lowest BCUT2D eigenvalue weighted by atomic mass is 9.99. The van der Waals surface area contributed by atoms with Crippen LogP contribution in [0.3, 0.4) is 0 Å². The van der Waals surface area contributed by atoms with Gasteiger partial charge in [-0.3, -0.25) is 9.89 Å². The second-order valence-corrected chi connectivity index (χ2v) is 7.24. The van der Waals surface area contributed by atoms with Gasteiger partial charge in [-0.05, 0) is 26.2 Å². The average Bonchev–Trinajstić information content (AvgIpc) is 3.32. The zero-order valence-corrected chi connectivity index (χ0v) is 14.9. The van der Waals surface area contributed by atoms with E-state index in [0.717, 1.165) is 47.8 Å². The van der Waals surface area contributed by atoms with Crippen molar-refractivity contribution >= 4 is 17.2 Å². The Morgan fingerprint density at radius 1 is 1.28 bits per heavy atom. The summed E-state index contributed by atoms with van der Waals surface area (Å²) in [6.45, 7) is 2.68. The summed E-state index contributed by atoms with van der Waals surface area (Å²) in [4.78, 5) is 19.9. The van der Waals surface area contributed by atoms with Gasteiger partial charge in [-0.15, -0.1) is 11.3 Å². The van der Waals surface area contributed by atoms with Crippen LogP contribution in [0.2, 0.25) is 0 Å². The van der Waals surface area contributed by atoms with E-state index in [0.29, 0.717) is 5.56 Å². The molecule has 4 rings (SSSR count). The number of nitrogens with zero attached hydrogens (tertiary/aromatic N) is 3. The quantitative estimate of drug-likeness (QED) is 0.768. The summed E-state index contributed by atoms with van der Waals surface area (Å²) in [6, 6.07) is 9.94. The minimum atomic E-state index is 0.0463. The van der Waals surface area contributed by atoms with Crippen LogP contribution in [0.5, 0.6) is 0 Å². The maximum Gasteiger partial charge on any atom is 0.258 e. The topological polar surface area (TPSA) is 61.9 Å². The van der Waals surface area contributed by atoms with E-state index < -0.39 is 0 Å². The molecule has 0 aliphatic carbocycles. The van der Waals surface area contributed by atoms with Crippen LogP contribution in [-0.4, -0.2) is 32.5 Å². The van der Waals surface area contributed by atoms with E-state index in [9.17, 15) is 4.79 Å². The van der Waals surface area contributed by atoms with Gasteiger partial charge < -0.3 is 4.90 Å². The molecule has 1 atom stereocenters. The highest BCUT2D eigenvalue weighted by Crippen LogP contribution is 2.35. The molecule has 1 aliphatic heterocycles. The number of benzene rings is 1. The van der Waals surface area contributed by atoms with Gasteiger partial charge in [-0.25, -0.2) is 4.98 Å². The fraction of sp³-hybridized carbons (Fsp3) is 0.316. The van der Waals surface area contributed by atoms with Gasteiger partial charge in [0, 0.05) is 29.4 Å². The van der Waals surface area contributed by atoms with Crippen molar-refractivity contribution in [3.63, 3.8) is 0 Å². The molecule has 0 bridgehead atoms. The van der Waals surface area contributed by atoms with Crippen LogP contribution >= 0.6 is 11.3 Å². The third-order valence-corrected chi connectivity index (χ3v) is 5.59. The fourth-order valence-electron chi connectivity index (χ4n) is 3.47. The van der Waals surface area contributed by atoms with Crippen LogP contribution in [-0.2, 0) is 0 Å². The second kappa shape index (κ2) is 6.80. The molecular formula is C19H20N4OS. The SMILES string of the molecule is Cc1[nH]nc(-c2ccccc2)c1C(=O)N1CCCCC1c1nccs1. The van der Waals surface area contributed by atoms with Crippen molar-refractivity contribution in [1.82, 2.24) is 20.1 Å². The smallest absolute Gasteiger partial charge is 0.258 e. The van der Waals surface area contributed by atoms with E-state index in [2.05, 4.69) is 15.2 Å². The average molecular weight is 352 g/mol. The Hall–Kier alpha value is -2.47. The maximum atomic E-state index is 13.4. The molecule has 5 nitrogen and oxygen atoms in total. The van der Waals surface area contributed by atoms with Crippen molar-refractivity contribution in [2.45, 2.75) is 32.2 Å². The molecule has 0 spiro atoms. The monoisotopic (exact) mass is 352 g/mol. The van der Waals surface area contributed by atoms with Gasteiger partial charge >= 0.3 is 0 Å². The van der Waals surface area contributed by atoms with E-state index in [1.54, 1.807) is 11.3 Å². The Bertz CT molecular complexity index is 857. The first kappa shape index (κ1) is 16.0. The van der Waals surface area contributed by atoms with E-state index in [4.69, 9.17) is 0 Å². The molecule has 128 valence electrons. The van der Waals surface area contributed by atoms with Crippen LogP contribution in [0, 0.1) is 6.92 Å². The van der Waals surface area contributed by atoms with Gasteiger partial charge in [0.1, 0.15) is 10.7 Å². The van der Waals surface area contributed by atoms with Gasteiger partial charge in [0.2, 0.25) is 0 Å². The Labute approximate surface area is 150 Å². The number of hydrogen-bond acceptors (Lipinski definition) is 4. The molecule has 0 saturated carbocycles. The maximum absolute atomic E-state index is 13.4. The molecule has 1 saturated heterocycles. The molecule has 25 heavy (non-hydrogen) atoms. The predicted octanol–water partition coefficient (Wildman–Crippen LogP) is 4.21. The van der Waals surface area contributed by atoms with Crippen LogP contribution in [0.1, 0.15) is 46.4 Å². The number of aromatic nitrogens is 3. The number of carbonyl (C=O) groups is 1. The number of nitrogens with one attached hydrogen (secondary N) is 1. The first-order valence-electron chi connectivity index (χ1n) is 8.56. The van der Waals surface area contributed by atoms with E-state index >= 15 is 0 Å². The largest absolute Gasteiger partial charge is 0.329 e. The molecule has 1 N–H and O–H groups in total. The van der Waals surface area contributed by atoms with Crippen molar-refractivity contribution in [2.24, 2.45) is 0 Å². The number of H-pyrrole nitrogens is 1. The minimum Gasteiger partial charge on any atom is -0.329 e. The normalized spacial score (nSPS) is 17.6. The molecule has 1 unspecified atom stereocenters. The Balaban J connectivity index is 1.72. The zero-order chi connectivity index (χ0) is 17.2. The molecule has 0 radical (unpaired) electrons. The van der Waals surface area contributed by atoms with Crippen molar-refractivity contribution in [2.75, 3.05) is 6.54 Å². The number of aryl methyl sites for hydroxylation is 1. The number of likely N-dealkylation sites (tertiary alicyclic amines) is 1. The van der Waals surface area contributed by atoms with Crippen molar-refractivity contribution in [3.8, 4) is 11.3 Å². The summed E-state index contributed by atoms with van der Waals surface area (Å²) in [7, 11) is 0. The summed E-state index contributed by atoms with van der Waals surface area (Å²) in [6.07, 6.45) is 4.95. The standard InChI is InChI=1S/C19H20N4OS/c1-13-16(17(22-21-13)14-7-3-2-4-8-14)19(24)23-11-6-5-9-15(23)18-20-10-12-25-18/h2-4,7-8,10,12,15H,5-6,9,11H2,1H3,(H,21,22). The Morgan fingerprint density at radius 3 is 2.88 bits per heavy atom. The lowest BCUT2D eigenvalue weighted by Crippen LogP contribution is -2.38. The van der Waals surface area contributed by atoms with Crippen molar-refractivity contribution < 1.29 is 4.79 Å². The highest BCUT2D eigenvalue weighted by molar-refractivity contribution is 7.09. The Morgan fingerprint density at radius 2 is 2.12 bits per heavy atom. The predicted molar refractivity (Wildman–Crippen MR) is 98.5 cm³/mol. The molecule has 6 heteroatoms. The van der Waals surface area contributed by atoms with Crippen LogP contribution in [0.25, 0.3) is 11.3 Å². The first-order chi connectivity index (χ1) is 12.3. The van der Waals surface area contributed by atoms with E-state index in [1.807, 2.05) is 53.7 Å². The van der Waals surface area contributed by atoms with Crippen LogP contribution in [0.4, 0.5) is 0 Å². The number of amides is 1. The van der Waals surface area contributed by atoms with Crippen molar-refractivity contribution in [1.29, 1.82) is 0 Å².